The van der Waals surface area contributed by atoms with Crippen LogP contribution in [-0.2, 0) is 0 Å². The highest BCUT2D eigenvalue weighted by Gasteiger charge is 2.10. The molecule has 4 heteroatoms. The number of para-hydroxylation sites is 1. The van der Waals surface area contributed by atoms with Crippen LogP contribution in [0.3, 0.4) is 0 Å². The quantitative estimate of drug-likeness (QED) is 0.718. The van der Waals surface area contributed by atoms with E-state index in [9.17, 15) is 0 Å². The summed E-state index contributed by atoms with van der Waals surface area (Å²) in [6.45, 7) is 0. The highest BCUT2D eigenvalue weighted by Crippen LogP contribution is 2.27. The van der Waals surface area contributed by atoms with Crippen molar-refractivity contribution in [2.24, 2.45) is 0 Å². The summed E-state index contributed by atoms with van der Waals surface area (Å²) in [6, 6.07) is 15.1. The lowest BCUT2D eigenvalue weighted by Gasteiger charge is -1.98. The molecule has 1 N–H and O–H groups in total. The number of imidazole rings is 1. The highest BCUT2D eigenvalue weighted by atomic mass is 35.5. The van der Waals surface area contributed by atoms with Crippen molar-refractivity contribution in [2.75, 3.05) is 0 Å². The molecular weight excluding hydrogens is 246 g/mol. The van der Waals surface area contributed by atoms with Crippen LogP contribution >= 0.6 is 11.6 Å². The lowest BCUT2D eigenvalue weighted by molar-refractivity contribution is 1.33. The Labute approximate surface area is 109 Å². The second kappa shape index (κ2) is 4.17. The number of nitrogens with one attached hydrogen (secondary N) is 1. The number of halogens is 1. The Morgan fingerprint density at radius 3 is 2.72 bits per heavy atom. The molecular formula is C14H8ClN3. The van der Waals surface area contributed by atoms with Crippen molar-refractivity contribution in [3.8, 4) is 17.5 Å². The van der Waals surface area contributed by atoms with Crippen molar-refractivity contribution in [1.29, 1.82) is 5.26 Å². The average Bonchev–Trinajstić information content (AvgIpc) is 2.82. The van der Waals surface area contributed by atoms with Gasteiger partial charge in [-0.05, 0) is 24.3 Å². The van der Waals surface area contributed by atoms with Gasteiger partial charge in [-0.25, -0.2) is 4.98 Å². The zero-order valence-corrected chi connectivity index (χ0v) is 10.1. The van der Waals surface area contributed by atoms with E-state index in [1.165, 1.54) is 0 Å². The van der Waals surface area contributed by atoms with Gasteiger partial charge in [0.2, 0.25) is 0 Å². The lowest BCUT2D eigenvalue weighted by Crippen LogP contribution is -1.81. The van der Waals surface area contributed by atoms with Gasteiger partial charge in [0, 0.05) is 5.56 Å². The summed E-state index contributed by atoms with van der Waals surface area (Å²) in [7, 11) is 0. The minimum absolute atomic E-state index is 0.557. The first-order chi connectivity index (χ1) is 8.79. The second-order valence-corrected chi connectivity index (χ2v) is 4.29. The molecule has 0 fully saturated rings. The molecule has 0 spiro atoms. The number of aromatic amines is 1. The largest absolute Gasteiger partial charge is 0.338 e. The molecule has 0 saturated carbocycles. The highest BCUT2D eigenvalue weighted by molar-refractivity contribution is 6.33. The van der Waals surface area contributed by atoms with E-state index in [1.54, 1.807) is 6.07 Å². The predicted octanol–water partition coefficient (Wildman–Crippen LogP) is 3.75. The Bertz CT molecular complexity index is 768. The van der Waals surface area contributed by atoms with Crippen molar-refractivity contribution in [1.82, 2.24) is 9.97 Å². The van der Waals surface area contributed by atoms with Crippen LogP contribution in [0.25, 0.3) is 22.4 Å². The van der Waals surface area contributed by atoms with Gasteiger partial charge in [0.05, 0.1) is 16.1 Å². The number of rotatable bonds is 1. The van der Waals surface area contributed by atoms with E-state index in [-0.39, 0.29) is 0 Å². The van der Waals surface area contributed by atoms with Crippen LogP contribution in [0.4, 0.5) is 0 Å². The molecule has 86 valence electrons. The first-order valence-corrected chi connectivity index (χ1v) is 5.81. The van der Waals surface area contributed by atoms with Crippen molar-refractivity contribution in [3.05, 3.63) is 53.1 Å². The van der Waals surface area contributed by atoms with E-state index in [1.807, 2.05) is 36.4 Å². The molecule has 3 aromatic rings. The lowest BCUT2D eigenvalue weighted by atomic mass is 10.2. The molecule has 0 unspecified atom stereocenters. The maximum absolute atomic E-state index is 9.04. The van der Waals surface area contributed by atoms with E-state index in [0.717, 1.165) is 11.1 Å². The van der Waals surface area contributed by atoms with Gasteiger partial charge in [0.1, 0.15) is 17.4 Å². The Balaban J connectivity index is 2.27. The number of H-pyrrole nitrogens is 1. The topological polar surface area (TPSA) is 52.5 Å². The van der Waals surface area contributed by atoms with Crippen molar-refractivity contribution in [2.45, 2.75) is 0 Å². The van der Waals surface area contributed by atoms with Crippen molar-refractivity contribution in [3.63, 3.8) is 0 Å². The van der Waals surface area contributed by atoms with Gasteiger partial charge in [0.25, 0.3) is 0 Å². The van der Waals surface area contributed by atoms with Crippen LogP contribution in [0.5, 0.6) is 0 Å². The third kappa shape index (κ3) is 1.64. The Hall–Kier alpha value is -2.31. The number of hydrogen-bond acceptors (Lipinski definition) is 2. The summed E-state index contributed by atoms with van der Waals surface area (Å²) in [4.78, 5) is 7.63. The fourth-order valence-corrected chi connectivity index (χ4v) is 2.13. The summed E-state index contributed by atoms with van der Waals surface area (Å²) in [5, 5.41) is 9.67. The number of nitrogens with zero attached hydrogens (tertiary/aromatic N) is 2. The van der Waals surface area contributed by atoms with Crippen LogP contribution in [0.1, 0.15) is 5.56 Å². The average molecular weight is 254 g/mol. The van der Waals surface area contributed by atoms with Crippen molar-refractivity contribution < 1.29 is 0 Å². The maximum atomic E-state index is 9.04. The first kappa shape index (κ1) is 10.8. The minimum Gasteiger partial charge on any atom is -0.338 e. The summed E-state index contributed by atoms with van der Waals surface area (Å²) in [5.41, 5.74) is 2.90. The summed E-state index contributed by atoms with van der Waals surface area (Å²) in [6.07, 6.45) is 0. The molecule has 0 radical (unpaired) electrons. The fourth-order valence-electron chi connectivity index (χ4n) is 1.90. The molecule has 0 saturated heterocycles. The van der Waals surface area contributed by atoms with Gasteiger partial charge in [0.15, 0.2) is 0 Å². The molecule has 0 aliphatic carbocycles. The first-order valence-electron chi connectivity index (χ1n) is 5.43. The smallest absolute Gasteiger partial charge is 0.140 e. The van der Waals surface area contributed by atoms with Gasteiger partial charge in [-0.3, -0.25) is 0 Å². The Morgan fingerprint density at radius 2 is 1.94 bits per heavy atom. The van der Waals surface area contributed by atoms with Gasteiger partial charge >= 0.3 is 0 Å². The number of fused-ring (bicyclic) bond motifs is 1. The van der Waals surface area contributed by atoms with Crippen LogP contribution in [0, 0.1) is 11.3 Å². The number of nitriles is 1. The third-order valence-corrected chi connectivity index (χ3v) is 3.09. The molecule has 0 aliphatic heterocycles. The summed E-state index contributed by atoms with van der Waals surface area (Å²) < 4.78 is 0. The van der Waals surface area contributed by atoms with Gasteiger partial charge in [-0.1, -0.05) is 29.8 Å². The van der Waals surface area contributed by atoms with Gasteiger partial charge in [-0.15, -0.1) is 0 Å². The molecule has 0 atom stereocenters. The van der Waals surface area contributed by atoms with Crippen LogP contribution < -0.4 is 0 Å². The SMILES string of the molecule is N#Cc1cccc2[nH]c(-c3ccccc3Cl)nc12. The Morgan fingerprint density at radius 1 is 1.11 bits per heavy atom. The molecule has 0 amide bonds. The third-order valence-electron chi connectivity index (χ3n) is 2.76. The Kier molecular flexibility index (Phi) is 2.51. The molecule has 0 aliphatic rings. The summed E-state index contributed by atoms with van der Waals surface area (Å²) in [5.74, 6) is 0.679. The molecule has 1 aromatic heterocycles. The van der Waals surface area contributed by atoms with E-state index >= 15 is 0 Å². The molecule has 3 rings (SSSR count). The molecule has 1 heterocycles. The predicted molar refractivity (Wildman–Crippen MR) is 71.3 cm³/mol. The van der Waals surface area contributed by atoms with Crippen molar-refractivity contribution >= 4 is 22.6 Å². The van der Waals surface area contributed by atoms with Gasteiger partial charge < -0.3 is 4.98 Å². The molecule has 0 bridgehead atoms. The van der Waals surface area contributed by atoms with Crippen LogP contribution in [0.2, 0.25) is 5.02 Å². The van der Waals surface area contributed by atoms with Crippen LogP contribution in [0.15, 0.2) is 42.5 Å². The number of aromatic nitrogens is 2. The fraction of sp³-hybridized carbons (Fsp3) is 0. The monoisotopic (exact) mass is 253 g/mol. The molecule has 3 nitrogen and oxygen atoms in total. The molecule has 18 heavy (non-hydrogen) atoms. The van der Waals surface area contributed by atoms with Gasteiger partial charge in [-0.2, -0.15) is 5.26 Å². The zero-order valence-electron chi connectivity index (χ0n) is 9.31. The second-order valence-electron chi connectivity index (χ2n) is 3.88. The van der Waals surface area contributed by atoms with E-state index in [4.69, 9.17) is 16.9 Å². The zero-order chi connectivity index (χ0) is 12.5. The molecule has 2 aromatic carbocycles. The normalized spacial score (nSPS) is 10.4. The van der Waals surface area contributed by atoms with E-state index in [2.05, 4.69) is 16.0 Å². The number of benzene rings is 2. The summed E-state index contributed by atoms with van der Waals surface area (Å²) >= 11 is 6.13. The standard InChI is InChI=1S/C14H8ClN3/c15-11-6-2-1-5-10(11)14-17-12-7-3-4-9(8-16)13(12)18-14/h1-7H,(H,17,18). The number of hydrogen-bond donors (Lipinski definition) is 1. The maximum Gasteiger partial charge on any atom is 0.140 e. The van der Waals surface area contributed by atoms with Crippen LogP contribution in [-0.4, -0.2) is 9.97 Å². The van der Waals surface area contributed by atoms with E-state index in [0.29, 0.717) is 21.9 Å². The van der Waals surface area contributed by atoms with E-state index < -0.39 is 0 Å². The minimum atomic E-state index is 0.557.